The highest BCUT2D eigenvalue weighted by Gasteiger charge is 2.32. The van der Waals surface area contributed by atoms with Crippen LogP contribution in [0, 0.1) is 0 Å². The summed E-state index contributed by atoms with van der Waals surface area (Å²) in [5.74, 6) is -0.738. The second-order valence-corrected chi connectivity index (χ2v) is 7.17. The largest absolute Gasteiger partial charge is 0.458 e. The number of esters is 1. The summed E-state index contributed by atoms with van der Waals surface area (Å²) in [5.41, 5.74) is 3.35. The number of carbonyl (C=O) groups excluding carboxylic acids is 2. The molecule has 30 heavy (non-hydrogen) atoms. The van der Waals surface area contributed by atoms with E-state index in [1.165, 1.54) is 4.90 Å². The molecule has 2 heterocycles. The lowest BCUT2D eigenvalue weighted by Gasteiger charge is -2.16. The molecule has 1 aliphatic heterocycles. The van der Waals surface area contributed by atoms with Gasteiger partial charge in [-0.15, -0.1) is 0 Å². The van der Waals surface area contributed by atoms with Crippen LogP contribution in [0.2, 0.25) is 0 Å². The Morgan fingerprint density at radius 3 is 2.27 bits per heavy atom. The highest BCUT2D eigenvalue weighted by Crippen LogP contribution is 2.31. The van der Waals surface area contributed by atoms with Crippen LogP contribution in [0.5, 0.6) is 0 Å². The Labute approximate surface area is 173 Å². The number of pyridine rings is 1. The van der Waals surface area contributed by atoms with Gasteiger partial charge in [-0.25, -0.2) is 4.98 Å². The molecule has 0 saturated heterocycles. The van der Waals surface area contributed by atoms with Crippen molar-refractivity contribution in [1.29, 1.82) is 0 Å². The Hall–Kier alpha value is -3.99. The van der Waals surface area contributed by atoms with Gasteiger partial charge in [0.1, 0.15) is 13.2 Å². The lowest BCUT2D eigenvalue weighted by Crippen LogP contribution is -2.30. The molecule has 1 amide bonds. The molecule has 0 unspecified atom stereocenters. The quantitative estimate of drug-likeness (QED) is 0.376. The summed E-state index contributed by atoms with van der Waals surface area (Å²) in [6.07, 6.45) is 0. The summed E-state index contributed by atoms with van der Waals surface area (Å²) < 4.78 is 5.51. The molecule has 146 valence electrons. The summed E-state index contributed by atoms with van der Waals surface area (Å²) in [4.78, 5) is 31.2. The Balaban J connectivity index is 1.37. The highest BCUT2D eigenvalue weighted by atomic mass is 16.5. The van der Waals surface area contributed by atoms with Crippen molar-refractivity contribution >= 4 is 39.2 Å². The van der Waals surface area contributed by atoms with Crippen LogP contribution < -0.4 is 0 Å². The van der Waals surface area contributed by atoms with Crippen molar-refractivity contribution in [3.05, 3.63) is 96.2 Å². The molecular formula is C25H18N2O3. The van der Waals surface area contributed by atoms with Gasteiger partial charge in [-0.1, -0.05) is 67.2 Å². The second kappa shape index (κ2) is 7.12. The van der Waals surface area contributed by atoms with E-state index in [0.717, 1.165) is 27.2 Å². The topological polar surface area (TPSA) is 59.5 Å². The first-order chi connectivity index (χ1) is 14.6. The smallest absolute Gasteiger partial charge is 0.326 e. The van der Waals surface area contributed by atoms with Crippen LogP contribution in [0.4, 0.5) is 0 Å². The van der Waals surface area contributed by atoms with E-state index < -0.39 is 5.97 Å². The molecule has 3 aromatic carbocycles. The van der Waals surface area contributed by atoms with Crippen molar-refractivity contribution in [3.8, 4) is 0 Å². The fourth-order valence-corrected chi connectivity index (χ4v) is 3.91. The van der Waals surface area contributed by atoms with Crippen molar-refractivity contribution in [2.24, 2.45) is 0 Å². The molecule has 0 aliphatic carbocycles. The van der Waals surface area contributed by atoms with Crippen LogP contribution in [0.1, 0.15) is 21.6 Å². The Kier molecular flexibility index (Phi) is 4.29. The molecular weight excluding hydrogens is 376 g/mol. The zero-order valence-electron chi connectivity index (χ0n) is 16.2. The molecule has 0 saturated carbocycles. The third-order valence-corrected chi connectivity index (χ3v) is 5.38. The molecule has 0 atom stereocenters. The van der Waals surface area contributed by atoms with E-state index in [2.05, 4.69) is 6.58 Å². The third-order valence-electron chi connectivity index (χ3n) is 5.38. The van der Waals surface area contributed by atoms with Crippen LogP contribution in [0.15, 0.2) is 79.4 Å². The zero-order valence-corrected chi connectivity index (χ0v) is 16.2. The number of amides is 1. The van der Waals surface area contributed by atoms with E-state index >= 15 is 0 Å². The van der Waals surface area contributed by atoms with Gasteiger partial charge in [0.05, 0.1) is 11.2 Å². The first kappa shape index (κ1) is 18.1. The molecule has 0 bridgehead atoms. The first-order valence-corrected chi connectivity index (χ1v) is 9.65. The zero-order chi connectivity index (χ0) is 20.7. The minimum atomic E-state index is -0.503. The third kappa shape index (κ3) is 2.92. The lowest BCUT2D eigenvalue weighted by molar-refractivity contribution is -0.145. The number of benzene rings is 3. The van der Waals surface area contributed by atoms with Gasteiger partial charge in [0.25, 0.3) is 5.91 Å². The molecule has 0 spiro atoms. The van der Waals surface area contributed by atoms with Gasteiger partial charge in [0, 0.05) is 27.6 Å². The van der Waals surface area contributed by atoms with E-state index in [9.17, 15) is 9.59 Å². The predicted octanol–water partition coefficient (Wildman–Crippen LogP) is 4.56. The number of hydrogen-bond donors (Lipinski definition) is 0. The summed E-state index contributed by atoms with van der Waals surface area (Å²) >= 11 is 0. The fraction of sp³-hybridized carbons (Fsp3) is 0.0800. The second-order valence-electron chi connectivity index (χ2n) is 7.17. The van der Waals surface area contributed by atoms with Crippen molar-refractivity contribution in [2.45, 2.75) is 6.61 Å². The Morgan fingerprint density at radius 2 is 1.50 bits per heavy atom. The van der Waals surface area contributed by atoms with Crippen LogP contribution in [0.25, 0.3) is 27.4 Å². The number of para-hydroxylation sites is 1. The van der Waals surface area contributed by atoms with Crippen molar-refractivity contribution in [3.63, 3.8) is 0 Å². The maximum Gasteiger partial charge on any atom is 0.326 e. The van der Waals surface area contributed by atoms with E-state index in [1.54, 1.807) is 12.1 Å². The number of aromatic nitrogens is 1. The molecule has 1 aliphatic rings. The minimum absolute atomic E-state index is 0.0334. The van der Waals surface area contributed by atoms with Gasteiger partial charge >= 0.3 is 5.97 Å². The van der Waals surface area contributed by atoms with Crippen molar-refractivity contribution in [1.82, 2.24) is 9.88 Å². The number of carbonyl (C=O) groups is 2. The summed E-state index contributed by atoms with van der Waals surface area (Å²) in [6.45, 7) is 3.81. The van der Waals surface area contributed by atoms with Crippen molar-refractivity contribution in [2.75, 3.05) is 6.54 Å². The number of hydrogen-bond acceptors (Lipinski definition) is 4. The normalized spacial score (nSPS) is 13.1. The first-order valence-electron chi connectivity index (χ1n) is 9.65. The lowest BCUT2D eigenvalue weighted by atomic mass is 10.0. The number of nitrogens with zero attached hydrogens (tertiary/aromatic N) is 2. The van der Waals surface area contributed by atoms with Crippen LogP contribution in [-0.2, 0) is 16.1 Å². The molecule has 0 radical (unpaired) electrons. The Morgan fingerprint density at radius 1 is 0.867 bits per heavy atom. The molecule has 0 N–H and O–H groups in total. The van der Waals surface area contributed by atoms with Crippen LogP contribution in [0.3, 0.4) is 0 Å². The molecule has 5 rings (SSSR count). The highest BCUT2D eigenvalue weighted by molar-refractivity contribution is 6.10. The van der Waals surface area contributed by atoms with Gasteiger partial charge in [0.2, 0.25) is 0 Å². The molecule has 0 fully saturated rings. The van der Waals surface area contributed by atoms with E-state index in [-0.39, 0.29) is 19.1 Å². The predicted molar refractivity (Wildman–Crippen MR) is 116 cm³/mol. The van der Waals surface area contributed by atoms with E-state index in [1.807, 2.05) is 60.7 Å². The maximum atomic E-state index is 12.6. The van der Waals surface area contributed by atoms with Crippen LogP contribution in [-0.4, -0.2) is 28.3 Å². The fourth-order valence-electron chi connectivity index (χ4n) is 3.91. The van der Waals surface area contributed by atoms with Gasteiger partial charge in [0.15, 0.2) is 0 Å². The van der Waals surface area contributed by atoms with Gasteiger partial charge < -0.3 is 4.74 Å². The standard InChI is InChI=1S/C25H18N2O3/c1-16-17-8-2-5-12-21(17)25(29)27(16)14-24(28)30-15-23-20-11-4-3-9-18(20)19-10-6-7-13-22(19)26-23/h2-13H,1,14-15H2. The van der Waals surface area contributed by atoms with Crippen molar-refractivity contribution < 1.29 is 14.3 Å². The van der Waals surface area contributed by atoms with Gasteiger partial charge in [-0.2, -0.15) is 0 Å². The number of fused-ring (bicyclic) bond motifs is 4. The number of rotatable bonds is 4. The average Bonchev–Trinajstić information content (AvgIpc) is 3.02. The molecule has 4 aromatic rings. The Bertz CT molecular complexity index is 1310. The average molecular weight is 394 g/mol. The monoisotopic (exact) mass is 394 g/mol. The van der Waals surface area contributed by atoms with Gasteiger partial charge in [-0.05, 0) is 17.5 Å². The minimum Gasteiger partial charge on any atom is -0.458 e. The van der Waals surface area contributed by atoms with Gasteiger partial charge in [-0.3, -0.25) is 14.5 Å². The molecule has 1 aromatic heterocycles. The maximum absolute atomic E-state index is 12.6. The molecule has 5 nitrogen and oxygen atoms in total. The molecule has 5 heteroatoms. The van der Waals surface area contributed by atoms with E-state index in [0.29, 0.717) is 17.0 Å². The van der Waals surface area contributed by atoms with Crippen LogP contribution >= 0.6 is 0 Å². The summed E-state index contributed by atoms with van der Waals surface area (Å²) in [7, 11) is 0. The summed E-state index contributed by atoms with van der Waals surface area (Å²) in [5, 5.41) is 3.06. The SMILES string of the molecule is C=C1c2ccccc2C(=O)N1CC(=O)OCc1nc2ccccc2c2ccccc12. The number of ether oxygens (including phenoxy) is 1. The van der Waals surface area contributed by atoms with E-state index in [4.69, 9.17) is 9.72 Å². The summed E-state index contributed by atoms with van der Waals surface area (Å²) in [6, 6.07) is 23.0.